The highest BCUT2D eigenvalue weighted by atomic mass is 32.2. The van der Waals surface area contributed by atoms with E-state index in [0.717, 1.165) is 11.1 Å². The molecule has 9 heteroatoms. The van der Waals surface area contributed by atoms with Crippen molar-refractivity contribution in [1.29, 1.82) is 0 Å². The van der Waals surface area contributed by atoms with Gasteiger partial charge in [-0.25, -0.2) is 13.2 Å². The summed E-state index contributed by atoms with van der Waals surface area (Å²) in [7, 11) is -4.00. The Labute approximate surface area is 189 Å². The number of carbonyl (C=O) groups excluding carboxylic acids is 2. The Hall–Kier alpha value is -2.65. The molecule has 0 saturated carbocycles. The predicted molar refractivity (Wildman–Crippen MR) is 122 cm³/mol. The Bertz CT molecular complexity index is 1120. The van der Waals surface area contributed by atoms with Crippen molar-refractivity contribution < 1.29 is 22.7 Å². The molecule has 1 fully saturated rings. The number of aryl methyl sites for hydroxylation is 4. The lowest BCUT2D eigenvalue weighted by atomic mass is 9.98. The molecule has 0 radical (unpaired) electrons. The maximum atomic E-state index is 13.5. The molecule has 1 saturated heterocycles. The molecule has 0 unspecified atom stereocenters. The van der Waals surface area contributed by atoms with Crippen LogP contribution in [0.15, 0.2) is 23.1 Å². The molecule has 32 heavy (non-hydrogen) atoms. The number of rotatable bonds is 6. The van der Waals surface area contributed by atoms with E-state index in [1.807, 2.05) is 32.0 Å². The summed E-state index contributed by atoms with van der Waals surface area (Å²) in [5.74, 6) is -1.36. The van der Waals surface area contributed by atoms with E-state index in [1.165, 1.54) is 4.31 Å². The normalized spacial score (nSPS) is 17.2. The first-order valence-electron chi connectivity index (χ1n) is 10.8. The lowest BCUT2D eigenvalue weighted by Crippen LogP contribution is -2.44. The Morgan fingerprint density at radius 1 is 1.12 bits per heavy atom. The van der Waals surface area contributed by atoms with E-state index < -0.39 is 21.9 Å². The highest BCUT2D eigenvalue weighted by Crippen LogP contribution is 2.31. The van der Waals surface area contributed by atoms with Crippen LogP contribution in [0.1, 0.15) is 52.6 Å². The van der Waals surface area contributed by atoms with Crippen LogP contribution in [0.2, 0.25) is 0 Å². The van der Waals surface area contributed by atoms with E-state index >= 15 is 0 Å². The molecule has 174 valence electrons. The number of hydrogen-bond donors (Lipinski definition) is 2. The molecular weight excluding hydrogens is 430 g/mol. The average Bonchev–Trinajstić information content (AvgIpc) is 3.02. The fourth-order valence-corrected chi connectivity index (χ4v) is 6.26. The Morgan fingerprint density at radius 3 is 2.41 bits per heavy atom. The number of nitrogens with zero attached hydrogens (tertiary/aromatic N) is 1. The molecule has 3 rings (SSSR count). The van der Waals surface area contributed by atoms with Crippen LogP contribution in [0, 0.1) is 33.6 Å². The largest absolute Gasteiger partial charge is 0.462 e. The van der Waals surface area contributed by atoms with E-state index in [-0.39, 0.29) is 29.5 Å². The smallest absolute Gasteiger partial charge is 0.341 e. The van der Waals surface area contributed by atoms with Crippen molar-refractivity contribution >= 4 is 27.6 Å². The van der Waals surface area contributed by atoms with Crippen molar-refractivity contribution in [2.45, 2.75) is 52.4 Å². The molecule has 0 bridgehead atoms. The van der Waals surface area contributed by atoms with Crippen LogP contribution in [0.4, 0.5) is 5.69 Å². The van der Waals surface area contributed by atoms with Crippen molar-refractivity contribution in [3.05, 3.63) is 46.3 Å². The number of amides is 1. The number of nitrogens with one attached hydrogen (secondary N) is 2. The number of aromatic nitrogens is 1. The van der Waals surface area contributed by atoms with E-state index in [0.29, 0.717) is 36.5 Å². The molecule has 1 amide bonds. The van der Waals surface area contributed by atoms with Crippen molar-refractivity contribution in [1.82, 2.24) is 9.29 Å². The standard InChI is InChI=1S/C23H31N3O5S/c1-6-31-23(28)20-16(4)24-17(5)21(20)32(29,30)26-9-7-8-18(13-26)22(27)25-19-11-14(2)10-15(3)12-19/h10-12,18,24H,6-9,13H2,1-5H3,(H,25,27)/t18-/m1/s1. The van der Waals surface area contributed by atoms with Gasteiger partial charge in [-0.3, -0.25) is 4.79 Å². The molecule has 1 atom stereocenters. The number of piperidine rings is 1. The van der Waals surface area contributed by atoms with E-state index in [9.17, 15) is 18.0 Å². The minimum absolute atomic E-state index is 0.0335. The molecule has 1 aliphatic rings. The molecule has 1 aromatic carbocycles. The summed E-state index contributed by atoms with van der Waals surface area (Å²) in [4.78, 5) is 28.3. The Morgan fingerprint density at radius 2 is 1.78 bits per heavy atom. The van der Waals surface area contributed by atoms with Gasteiger partial charge in [-0.2, -0.15) is 4.31 Å². The topological polar surface area (TPSA) is 109 Å². The van der Waals surface area contributed by atoms with Gasteiger partial charge in [-0.05, 0) is 70.7 Å². The summed E-state index contributed by atoms with van der Waals surface area (Å²) in [6.07, 6.45) is 1.15. The van der Waals surface area contributed by atoms with Crippen molar-refractivity contribution in [2.24, 2.45) is 5.92 Å². The first-order chi connectivity index (χ1) is 15.0. The summed E-state index contributed by atoms with van der Waals surface area (Å²) in [5, 5.41) is 2.93. The van der Waals surface area contributed by atoms with Gasteiger partial charge < -0.3 is 15.0 Å². The monoisotopic (exact) mass is 461 g/mol. The summed E-state index contributed by atoms with van der Waals surface area (Å²) >= 11 is 0. The van der Waals surface area contributed by atoms with Gasteiger partial charge in [0.05, 0.1) is 12.5 Å². The fourth-order valence-electron chi connectivity index (χ4n) is 4.32. The maximum absolute atomic E-state index is 13.5. The molecule has 2 N–H and O–H groups in total. The Kier molecular flexibility index (Phi) is 7.09. The predicted octanol–water partition coefficient (Wildman–Crippen LogP) is 3.46. The molecule has 2 aromatic rings. The molecule has 0 spiro atoms. The first kappa shape index (κ1) is 24.0. The first-order valence-corrected chi connectivity index (χ1v) is 12.2. The quantitative estimate of drug-likeness (QED) is 0.641. The highest BCUT2D eigenvalue weighted by Gasteiger charge is 2.38. The lowest BCUT2D eigenvalue weighted by molar-refractivity contribution is -0.120. The summed E-state index contributed by atoms with van der Waals surface area (Å²) in [5.41, 5.74) is 3.64. The average molecular weight is 462 g/mol. The number of esters is 1. The third kappa shape index (κ3) is 4.88. The summed E-state index contributed by atoms with van der Waals surface area (Å²) in [6, 6.07) is 5.80. The molecular formula is C23H31N3O5S. The van der Waals surface area contributed by atoms with E-state index in [1.54, 1.807) is 20.8 Å². The van der Waals surface area contributed by atoms with E-state index in [2.05, 4.69) is 10.3 Å². The van der Waals surface area contributed by atoms with Crippen molar-refractivity contribution in [3.8, 4) is 0 Å². The third-order valence-electron chi connectivity index (χ3n) is 5.64. The molecule has 8 nitrogen and oxygen atoms in total. The number of benzene rings is 1. The Balaban J connectivity index is 1.84. The number of carbonyl (C=O) groups is 2. The zero-order valence-corrected chi connectivity index (χ0v) is 20.1. The second kappa shape index (κ2) is 9.46. The van der Waals surface area contributed by atoms with E-state index in [4.69, 9.17) is 4.74 Å². The van der Waals surface area contributed by atoms with Crippen LogP contribution in [-0.2, 0) is 19.6 Å². The number of anilines is 1. The van der Waals surface area contributed by atoms with Crippen LogP contribution < -0.4 is 5.32 Å². The van der Waals surface area contributed by atoms with Crippen LogP contribution in [0.3, 0.4) is 0 Å². The van der Waals surface area contributed by atoms with Crippen LogP contribution >= 0.6 is 0 Å². The van der Waals surface area contributed by atoms with Gasteiger partial charge >= 0.3 is 5.97 Å². The van der Waals surface area contributed by atoms with Gasteiger partial charge in [-0.1, -0.05) is 6.07 Å². The number of aromatic amines is 1. The van der Waals surface area contributed by atoms with Gasteiger partial charge in [0.25, 0.3) is 0 Å². The molecule has 1 aromatic heterocycles. The minimum Gasteiger partial charge on any atom is -0.462 e. The number of H-pyrrole nitrogens is 1. The molecule has 0 aliphatic carbocycles. The van der Waals surface area contributed by atoms with Crippen LogP contribution in [-0.4, -0.2) is 49.3 Å². The SMILES string of the molecule is CCOC(=O)c1c(C)[nH]c(C)c1S(=O)(=O)N1CCC[C@@H](C(=O)Nc2cc(C)cc(C)c2)C1. The number of hydrogen-bond acceptors (Lipinski definition) is 5. The molecule has 2 heterocycles. The summed E-state index contributed by atoms with van der Waals surface area (Å²) < 4.78 is 33.5. The highest BCUT2D eigenvalue weighted by molar-refractivity contribution is 7.89. The van der Waals surface area contributed by atoms with Gasteiger partial charge in [0, 0.05) is 30.2 Å². The van der Waals surface area contributed by atoms with Crippen LogP contribution in [0.5, 0.6) is 0 Å². The lowest BCUT2D eigenvalue weighted by Gasteiger charge is -2.31. The van der Waals surface area contributed by atoms with Gasteiger partial charge in [0.1, 0.15) is 10.5 Å². The minimum atomic E-state index is -4.00. The second-order valence-corrected chi connectivity index (χ2v) is 10.2. The maximum Gasteiger partial charge on any atom is 0.341 e. The van der Waals surface area contributed by atoms with Gasteiger partial charge in [-0.15, -0.1) is 0 Å². The molecule has 1 aliphatic heterocycles. The zero-order valence-electron chi connectivity index (χ0n) is 19.2. The van der Waals surface area contributed by atoms with Crippen molar-refractivity contribution in [2.75, 3.05) is 25.0 Å². The number of ether oxygens (including phenoxy) is 1. The van der Waals surface area contributed by atoms with Gasteiger partial charge in [0.2, 0.25) is 15.9 Å². The summed E-state index contributed by atoms with van der Waals surface area (Å²) in [6.45, 7) is 9.36. The van der Waals surface area contributed by atoms with Crippen LogP contribution in [0.25, 0.3) is 0 Å². The number of sulfonamides is 1. The van der Waals surface area contributed by atoms with Crippen molar-refractivity contribution in [3.63, 3.8) is 0 Å². The zero-order chi connectivity index (χ0) is 23.6. The second-order valence-electron chi connectivity index (χ2n) is 8.37. The fraction of sp³-hybridized carbons (Fsp3) is 0.478. The van der Waals surface area contributed by atoms with Gasteiger partial charge in [0.15, 0.2) is 0 Å². The third-order valence-corrected chi connectivity index (χ3v) is 7.68.